The summed E-state index contributed by atoms with van der Waals surface area (Å²) < 4.78 is 0. The van der Waals surface area contributed by atoms with Crippen LogP contribution in [0.2, 0.25) is 0 Å². The lowest BCUT2D eigenvalue weighted by atomic mass is 10.0. The van der Waals surface area contributed by atoms with Crippen LogP contribution in [0.15, 0.2) is 28.2 Å². The van der Waals surface area contributed by atoms with Crippen molar-refractivity contribution in [1.82, 2.24) is 0 Å². The van der Waals surface area contributed by atoms with Gasteiger partial charge in [-0.25, -0.2) is 4.99 Å². The molecule has 0 bridgehead atoms. The number of anilines is 1. The number of aryl methyl sites for hydroxylation is 1. The number of halogens is 1. The average Bonchev–Trinajstić information content (AvgIpc) is 2.21. The molecule has 5 nitrogen and oxygen atoms in total. The Morgan fingerprint density at radius 2 is 1.79 bits per heavy atom. The summed E-state index contributed by atoms with van der Waals surface area (Å²) >= 11 is 0. The lowest BCUT2D eigenvalue weighted by Crippen LogP contribution is -2.54. The van der Waals surface area contributed by atoms with E-state index in [4.69, 9.17) is 11.5 Å². The smallest absolute Gasteiger partial charge is 0.220 e. The molecule has 0 unspecified atom stereocenters. The second-order valence-corrected chi connectivity index (χ2v) is 4.99. The van der Waals surface area contributed by atoms with Crippen molar-refractivity contribution in [3.63, 3.8) is 0 Å². The second-order valence-electron chi connectivity index (χ2n) is 4.99. The highest BCUT2D eigenvalue weighted by atomic mass is 35.5. The van der Waals surface area contributed by atoms with E-state index in [0.717, 1.165) is 5.69 Å². The van der Waals surface area contributed by atoms with Gasteiger partial charge in [-0.05, 0) is 44.9 Å². The Morgan fingerprint density at radius 3 is 2.37 bits per heavy atom. The van der Waals surface area contributed by atoms with Crippen molar-refractivity contribution in [3.05, 3.63) is 29.3 Å². The van der Waals surface area contributed by atoms with Gasteiger partial charge in [0.2, 0.25) is 11.9 Å². The Hall–Kier alpha value is -1.75. The van der Waals surface area contributed by atoms with Crippen LogP contribution in [0, 0.1) is 13.8 Å². The van der Waals surface area contributed by atoms with E-state index in [0.29, 0.717) is 5.96 Å². The number of hydrogen-bond acceptors (Lipinski definition) is 5. The molecule has 0 aromatic heterocycles. The van der Waals surface area contributed by atoms with Crippen molar-refractivity contribution in [2.75, 3.05) is 4.90 Å². The van der Waals surface area contributed by atoms with E-state index in [1.54, 1.807) is 0 Å². The van der Waals surface area contributed by atoms with Gasteiger partial charge in [0.1, 0.15) is 5.66 Å². The summed E-state index contributed by atoms with van der Waals surface area (Å²) in [5.41, 5.74) is 14.5. The van der Waals surface area contributed by atoms with E-state index in [2.05, 4.69) is 29.9 Å². The van der Waals surface area contributed by atoms with Crippen molar-refractivity contribution in [1.29, 1.82) is 0 Å². The fraction of sp³-hybridized carbons (Fsp3) is 0.385. The Morgan fingerprint density at radius 1 is 1.16 bits per heavy atom. The van der Waals surface area contributed by atoms with Crippen molar-refractivity contribution in [3.8, 4) is 0 Å². The highest BCUT2D eigenvalue weighted by Crippen LogP contribution is 2.31. The summed E-state index contributed by atoms with van der Waals surface area (Å²) in [5.74, 6) is 0.597. The van der Waals surface area contributed by atoms with E-state index in [1.807, 2.05) is 30.9 Å². The normalized spacial score (nSPS) is 17.4. The van der Waals surface area contributed by atoms with E-state index >= 15 is 0 Å². The third-order valence-electron chi connectivity index (χ3n) is 3.21. The van der Waals surface area contributed by atoms with Crippen LogP contribution >= 0.6 is 12.4 Å². The fourth-order valence-electron chi connectivity index (χ4n) is 2.20. The molecule has 6 heteroatoms. The Balaban J connectivity index is 0.00000180. The highest BCUT2D eigenvalue weighted by molar-refractivity contribution is 6.05. The minimum atomic E-state index is -0.533. The van der Waals surface area contributed by atoms with Gasteiger partial charge in [-0.3, -0.25) is 4.90 Å². The number of guanidine groups is 2. The van der Waals surface area contributed by atoms with Gasteiger partial charge < -0.3 is 11.5 Å². The molecule has 0 spiro atoms. The molecular weight excluding hydrogens is 262 g/mol. The molecule has 1 heterocycles. The number of nitrogens with two attached hydrogens (primary N) is 2. The van der Waals surface area contributed by atoms with Crippen LogP contribution < -0.4 is 16.4 Å². The quantitative estimate of drug-likeness (QED) is 0.825. The van der Waals surface area contributed by atoms with Gasteiger partial charge in [0, 0.05) is 5.69 Å². The van der Waals surface area contributed by atoms with Gasteiger partial charge >= 0.3 is 0 Å². The zero-order valence-electron chi connectivity index (χ0n) is 11.6. The van der Waals surface area contributed by atoms with Crippen LogP contribution in [-0.2, 0) is 0 Å². The van der Waals surface area contributed by atoms with Gasteiger partial charge in [0.25, 0.3) is 0 Å². The Bertz CT molecular complexity index is 548. The standard InChI is InChI=1S/C13H19N5.ClH/c1-8-6-5-7-10(9(8)2)18-12(15)16-11(14)17-13(18,3)4;/h5-7H,1-4H3,(H4,14,15,16,17);1H. The third-order valence-corrected chi connectivity index (χ3v) is 3.21. The van der Waals surface area contributed by atoms with Crippen LogP contribution in [0.3, 0.4) is 0 Å². The number of aliphatic imine (C=N–C) groups is 2. The van der Waals surface area contributed by atoms with Crippen LogP contribution in [0.1, 0.15) is 25.0 Å². The second kappa shape index (κ2) is 5.09. The number of benzene rings is 1. The predicted molar refractivity (Wildman–Crippen MR) is 83.0 cm³/mol. The minimum Gasteiger partial charge on any atom is -0.369 e. The zero-order chi connectivity index (χ0) is 13.5. The number of rotatable bonds is 1. The highest BCUT2D eigenvalue weighted by Gasteiger charge is 2.33. The first-order valence-corrected chi connectivity index (χ1v) is 5.89. The number of hydrogen-bond donors (Lipinski definition) is 2. The van der Waals surface area contributed by atoms with Crippen molar-refractivity contribution < 1.29 is 0 Å². The van der Waals surface area contributed by atoms with Gasteiger partial charge in [-0.2, -0.15) is 4.99 Å². The lowest BCUT2D eigenvalue weighted by molar-refractivity contribution is 0.533. The molecule has 1 aromatic carbocycles. The summed E-state index contributed by atoms with van der Waals surface area (Å²) in [5, 5.41) is 0. The molecule has 0 atom stereocenters. The topological polar surface area (TPSA) is 80.0 Å². The van der Waals surface area contributed by atoms with E-state index in [-0.39, 0.29) is 18.4 Å². The molecular formula is C13H20ClN5. The van der Waals surface area contributed by atoms with Crippen LogP contribution in [0.25, 0.3) is 0 Å². The van der Waals surface area contributed by atoms with Crippen LogP contribution in [-0.4, -0.2) is 17.6 Å². The maximum atomic E-state index is 6.01. The molecule has 0 fully saturated rings. The molecule has 1 aliphatic rings. The molecule has 0 saturated carbocycles. The van der Waals surface area contributed by atoms with Crippen LogP contribution in [0.4, 0.5) is 5.69 Å². The first kappa shape index (κ1) is 15.3. The monoisotopic (exact) mass is 281 g/mol. The largest absolute Gasteiger partial charge is 0.369 e. The summed E-state index contributed by atoms with van der Waals surface area (Å²) in [6.07, 6.45) is 0. The molecule has 0 saturated heterocycles. The first-order valence-electron chi connectivity index (χ1n) is 5.89. The summed E-state index contributed by atoms with van der Waals surface area (Å²) in [6, 6.07) is 6.09. The molecule has 0 radical (unpaired) electrons. The van der Waals surface area contributed by atoms with Gasteiger partial charge in [0.05, 0.1) is 0 Å². The van der Waals surface area contributed by atoms with Gasteiger partial charge in [0.15, 0.2) is 0 Å². The van der Waals surface area contributed by atoms with Crippen molar-refractivity contribution in [2.45, 2.75) is 33.4 Å². The SMILES string of the molecule is Cc1cccc(N2C(N)=NC(N)=NC2(C)C)c1C.Cl. The lowest BCUT2D eigenvalue weighted by Gasteiger charge is -2.39. The molecule has 0 amide bonds. The van der Waals surface area contributed by atoms with Gasteiger partial charge in [-0.1, -0.05) is 12.1 Å². The molecule has 0 aliphatic carbocycles. The summed E-state index contributed by atoms with van der Waals surface area (Å²) in [6.45, 7) is 8.06. The maximum Gasteiger partial charge on any atom is 0.220 e. The third kappa shape index (κ3) is 2.66. The first-order chi connectivity index (χ1) is 8.33. The molecule has 19 heavy (non-hydrogen) atoms. The Kier molecular flexibility index (Phi) is 4.10. The molecule has 2 rings (SSSR count). The average molecular weight is 282 g/mol. The molecule has 104 valence electrons. The molecule has 4 N–H and O–H groups in total. The van der Waals surface area contributed by atoms with Gasteiger partial charge in [-0.15, -0.1) is 12.4 Å². The van der Waals surface area contributed by atoms with E-state index < -0.39 is 5.66 Å². The zero-order valence-corrected chi connectivity index (χ0v) is 12.5. The fourth-order valence-corrected chi connectivity index (χ4v) is 2.20. The molecule has 1 aromatic rings. The summed E-state index contributed by atoms with van der Waals surface area (Å²) in [7, 11) is 0. The van der Waals surface area contributed by atoms with E-state index in [1.165, 1.54) is 11.1 Å². The maximum absolute atomic E-state index is 6.01. The number of nitrogens with zero attached hydrogens (tertiary/aromatic N) is 3. The van der Waals surface area contributed by atoms with Crippen LogP contribution in [0.5, 0.6) is 0 Å². The van der Waals surface area contributed by atoms with Crippen molar-refractivity contribution >= 4 is 30.0 Å². The summed E-state index contributed by atoms with van der Waals surface area (Å²) in [4.78, 5) is 10.3. The Labute approximate surface area is 119 Å². The van der Waals surface area contributed by atoms with E-state index in [9.17, 15) is 0 Å². The predicted octanol–water partition coefficient (Wildman–Crippen LogP) is 1.91. The molecule has 1 aliphatic heterocycles. The van der Waals surface area contributed by atoms with Crippen molar-refractivity contribution in [2.24, 2.45) is 21.5 Å². The minimum absolute atomic E-state index is 0.